The average Bonchev–Trinajstić information content (AvgIpc) is 2.85. The van der Waals surface area contributed by atoms with Crippen LogP contribution in [0.1, 0.15) is 10.5 Å². The van der Waals surface area contributed by atoms with Gasteiger partial charge >= 0.3 is 0 Å². The van der Waals surface area contributed by atoms with Gasteiger partial charge in [0, 0.05) is 23.6 Å². The summed E-state index contributed by atoms with van der Waals surface area (Å²) in [4.78, 5) is 12.4. The summed E-state index contributed by atoms with van der Waals surface area (Å²) in [5.41, 5.74) is 2.39. The topological polar surface area (TPSA) is 43.3 Å². The zero-order valence-corrected chi connectivity index (χ0v) is 12.0. The molecule has 3 rings (SSSR count). The Kier molecular flexibility index (Phi) is 3.36. The summed E-state index contributed by atoms with van der Waals surface area (Å²) in [5.74, 6) is 0.655. The number of ether oxygens (including phenoxy) is 1. The first-order valence-corrected chi connectivity index (χ1v) is 6.69. The van der Waals surface area contributed by atoms with Crippen molar-refractivity contribution in [2.45, 2.75) is 0 Å². The van der Waals surface area contributed by atoms with Crippen molar-refractivity contribution in [3.05, 3.63) is 60.3 Å². The molecule has 0 aliphatic heterocycles. The van der Waals surface area contributed by atoms with E-state index < -0.39 is 0 Å². The van der Waals surface area contributed by atoms with Gasteiger partial charge in [0.2, 0.25) is 0 Å². The van der Waals surface area contributed by atoms with Crippen molar-refractivity contribution in [1.29, 1.82) is 0 Å². The van der Waals surface area contributed by atoms with E-state index in [1.165, 1.54) is 0 Å². The van der Waals surface area contributed by atoms with E-state index in [9.17, 15) is 4.79 Å². The van der Waals surface area contributed by atoms with E-state index in [1.807, 2.05) is 66.2 Å². The molecule has 1 N–H and O–H groups in total. The highest BCUT2D eigenvalue weighted by atomic mass is 16.5. The number of hydrogen-bond donors (Lipinski definition) is 1. The predicted octanol–water partition coefficient (Wildman–Crippen LogP) is 3.44. The van der Waals surface area contributed by atoms with Gasteiger partial charge in [-0.05, 0) is 36.4 Å². The van der Waals surface area contributed by atoms with Crippen LogP contribution in [0.5, 0.6) is 5.75 Å². The normalized spacial score (nSPS) is 10.6. The zero-order chi connectivity index (χ0) is 14.8. The highest BCUT2D eigenvalue weighted by Gasteiger charge is 2.13. The number of aryl methyl sites for hydroxylation is 1. The fraction of sp³-hybridized carbons (Fsp3) is 0.118. The second-order valence-corrected chi connectivity index (χ2v) is 4.83. The van der Waals surface area contributed by atoms with Crippen molar-refractivity contribution >= 4 is 22.5 Å². The third kappa shape index (κ3) is 2.48. The molecule has 106 valence electrons. The van der Waals surface area contributed by atoms with Crippen LogP contribution in [0.3, 0.4) is 0 Å². The minimum Gasteiger partial charge on any atom is -0.497 e. The minimum atomic E-state index is -0.126. The number of carbonyl (C=O) groups is 1. The molecule has 0 saturated heterocycles. The molecule has 4 nitrogen and oxygen atoms in total. The lowest BCUT2D eigenvalue weighted by atomic mass is 10.2. The van der Waals surface area contributed by atoms with Crippen LogP contribution in [0.2, 0.25) is 0 Å². The molecule has 0 fully saturated rings. The smallest absolute Gasteiger partial charge is 0.272 e. The van der Waals surface area contributed by atoms with Gasteiger partial charge in [-0.1, -0.05) is 18.2 Å². The average molecular weight is 280 g/mol. The molecule has 21 heavy (non-hydrogen) atoms. The Balaban J connectivity index is 1.96. The van der Waals surface area contributed by atoms with Gasteiger partial charge in [0.15, 0.2) is 0 Å². The number of anilines is 1. The van der Waals surface area contributed by atoms with Gasteiger partial charge in [0.1, 0.15) is 11.4 Å². The Morgan fingerprint density at radius 2 is 1.86 bits per heavy atom. The van der Waals surface area contributed by atoms with Crippen molar-refractivity contribution in [1.82, 2.24) is 4.57 Å². The number of para-hydroxylation sites is 1. The molecule has 0 spiro atoms. The van der Waals surface area contributed by atoms with Gasteiger partial charge in [0.05, 0.1) is 7.11 Å². The van der Waals surface area contributed by atoms with E-state index in [4.69, 9.17) is 4.74 Å². The molecule has 4 heteroatoms. The van der Waals surface area contributed by atoms with Gasteiger partial charge in [0.25, 0.3) is 5.91 Å². The SMILES string of the molecule is COc1ccc2c(c1)cc(C(=O)Nc1ccccc1)n2C. The minimum absolute atomic E-state index is 0.126. The van der Waals surface area contributed by atoms with Crippen LogP contribution in [-0.2, 0) is 7.05 Å². The first-order chi connectivity index (χ1) is 10.2. The summed E-state index contributed by atoms with van der Waals surface area (Å²) < 4.78 is 7.10. The number of nitrogens with one attached hydrogen (secondary N) is 1. The molecule has 2 aromatic carbocycles. The molecule has 0 atom stereocenters. The summed E-state index contributed by atoms with van der Waals surface area (Å²) >= 11 is 0. The molecule has 1 heterocycles. The largest absolute Gasteiger partial charge is 0.497 e. The fourth-order valence-corrected chi connectivity index (χ4v) is 2.39. The summed E-state index contributed by atoms with van der Waals surface area (Å²) in [7, 11) is 3.52. The molecule has 0 radical (unpaired) electrons. The van der Waals surface area contributed by atoms with Crippen LogP contribution >= 0.6 is 0 Å². The molecule has 0 aliphatic rings. The second kappa shape index (κ2) is 5.32. The summed E-state index contributed by atoms with van der Waals surface area (Å²) in [5, 5.41) is 3.88. The van der Waals surface area contributed by atoms with Gasteiger partial charge in [-0.3, -0.25) is 4.79 Å². The molecule has 0 aliphatic carbocycles. The maximum absolute atomic E-state index is 12.4. The van der Waals surface area contributed by atoms with E-state index >= 15 is 0 Å². The monoisotopic (exact) mass is 280 g/mol. The van der Waals surface area contributed by atoms with E-state index in [2.05, 4.69) is 5.32 Å². The summed E-state index contributed by atoms with van der Waals surface area (Å²) in [6, 6.07) is 17.1. The van der Waals surface area contributed by atoms with Crippen molar-refractivity contribution in [2.75, 3.05) is 12.4 Å². The third-order valence-corrected chi connectivity index (χ3v) is 3.51. The third-order valence-electron chi connectivity index (χ3n) is 3.51. The molecule has 1 amide bonds. The second-order valence-electron chi connectivity index (χ2n) is 4.83. The van der Waals surface area contributed by atoms with E-state index in [0.717, 1.165) is 22.3 Å². The highest BCUT2D eigenvalue weighted by molar-refractivity contribution is 6.06. The maximum Gasteiger partial charge on any atom is 0.272 e. The van der Waals surface area contributed by atoms with Crippen LogP contribution in [0.4, 0.5) is 5.69 Å². The lowest BCUT2D eigenvalue weighted by Gasteiger charge is -2.06. The molecule has 0 saturated carbocycles. The van der Waals surface area contributed by atoms with E-state index in [-0.39, 0.29) is 5.91 Å². The van der Waals surface area contributed by atoms with Crippen molar-refractivity contribution in [3.8, 4) is 5.75 Å². The molecule has 0 bridgehead atoms. The first kappa shape index (κ1) is 13.2. The Morgan fingerprint density at radius 3 is 2.57 bits per heavy atom. The van der Waals surface area contributed by atoms with Gasteiger partial charge in [-0.2, -0.15) is 0 Å². The fourth-order valence-electron chi connectivity index (χ4n) is 2.39. The van der Waals surface area contributed by atoms with Gasteiger partial charge in [-0.25, -0.2) is 0 Å². The molecule has 0 unspecified atom stereocenters. The van der Waals surface area contributed by atoms with Crippen LogP contribution in [-0.4, -0.2) is 17.6 Å². The summed E-state index contributed by atoms with van der Waals surface area (Å²) in [6.07, 6.45) is 0. The molecule has 3 aromatic rings. The summed E-state index contributed by atoms with van der Waals surface area (Å²) in [6.45, 7) is 0. The van der Waals surface area contributed by atoms with Crippen molar-refractivity contribution < 1.29 is 9.53 Å². The number of hydrogen-bond acceptors (Lipinski definition) is 2. The van der Waals surface area contributed by atoms with E-state index in [0.29, 0.717) is 5.69 Å². The highest BCUT2D eigenvalue weighted by Crippen LogP contribution is 2.24. The number of amides is 1. The van der Waals surface area contributed by atoms with Crippen LogP contribution in [0, 0.1) is 0 Å². The van der Waals surface area contributed by atoms with Crippen molar-refractivity contribution in [2.24, 2.45) is 7.05 Å². The quantitative estimate of drug-likeness (QED) is 0.798. The van der Waals surface area contributed by atoms with Crippen molar-refractivity contribution in [3.63, 3.8) is 0 Å². The first-order valence-electron chi connectivity index (χ1n) is 6.69. The molecular formula is C17H16N2O2. The Labute approximate surface area is 123 Å². The van der Waals surface area contributed by atoms with Gasteiger partial charge in [-0.15, -0.1) is 0 Å². The standard InChI is InChI=1S/C17H16N2O2/c1-19-15-9-8-14(21-2)10-12(15)11-16(19)17(20)18-13-6-4-3-5-7-13/h3-11H,1-2H3,(H,18,20). The number of methoxy groups -OCH3 is 1. The van der Waals surface area contributed by atoms with Crippen LogP contribution in [0.25, 0.3) is 10.9 Å². The number of rotatable bonds is 3. The number of aromatic nitrogens is 1. The number of benzene rings is 2. The Bertz CT molecular complexity index is 791. The molecule has 1 aromatic heterocycles. The lowest BCUT2D eigenvalue weighted by molar-refractivity contribution is 0.102. The Hall–Kier alpha value is -2.75. The number of carbonyl (C=O) groups excluding carboxylic acids is 1. The van der Waals surface area contributed by atoms with Crippen LogP contribution in [0.15, 0.2) is 54.6 Å². The predicted molar refractivity (Wildman–Crippen MR) is 83.9 cm³/mol. The van der Waals surface area contributed by atoms with Gasteiger partial charge < -0.3 is 14.6 Å². The number of fused-ring (bicyclic) bond motifs is 1. The van der Waals surface area contributed by atoms with E-state index in [1.54, 1.807) is 7.11 Å². The maximum atomic E-state index is 12.4. The van der Waals surface area contributed by atoms with Crippen LogP contribution < -0.4 is 10.1 Å². The number of nitrogens with zero attached hydrogens (tertiary/aromatic N) is 1. The Morgan fingerprint density at radius 1 is 1.10 bits per heavy atom. The zero-order valence-electron chi connectivity index (χ0n) is 12.0. The lowest BCUT2D eigenvalue weighted by Crippen LogP contribution is -2.15. The molecular weight excluding hydrogens is 264 g/mol.